The Hall–Kier alpha value is -0.810. The lowest BCUT2D eigenvalue weighted by Gasteiger charge is -2.26. The highest BCUT2D eigenvalue weighted by Gasteiger charge is 2.28. The molecule has 0 rings (SSSR count). The summed E-state index contributed by atoms with van der Waals surface area (Å²) in [5.41, 5.74) is 3.41. The molecule has 5 heteroatoms. The molecule has 0 aliphatic rings. The molecule has 0 aromatic carbocycles. The Kier molecular flexibility index (Phi) is 3.28. The Balaban J connectivity index is 4.07. The number of hydrogen-bond acceptors (Lipinski definition) is 4. The molecule has 1 amide bonds. The molecular weight excluding hydrogens is 150 g/mol. The maximum atomic E-state index is 10.2. The molecule has 0 aromatic rings. The molecule has 0 heterocycles. The highest BCUT2D eigenvalue weighted by Crippen LogP contribution is 2.11. The standard InChI is InChI=1S/C6H13NO4/c1-6(2,10)4(3-8)11-5(7)9/h4,8,10H,3H2,1-2H3,(H2,7,9). The third-order valence-corrected chi connectivity index (χ3v) is 1.21. The highest BCUT2D eigenvalue weighted by molar-refractivity contribution is 5.64. The predicted molar refractivity (Wildman–Crippen MR) is 37.8 cm³/mol. The first-order valence-corrected chi connectivity index (χ1v) is 3.17. The van der Waals surface area contributed by atoms with Gasteiger partial charge in [0, 0.05) is 0 Å². The van der Waals surface area contributed by atoms with Crippen LogP contribution in [0.15, 0.2) is 0 Å². The number of amides is 1. The summed E-state index contributed by atoms with van der Waals surface area (Å²) in [5.74, 6) is 0. The molecule has 0 fully saturated rings. The molecular formula is C6H13NO4. The Morgan fingerprint density at radius 1 is 1.73 bits per heavy atom. The van der Waals surface area contributed by atoms with Gasteiger partial charge in [-0.05, 0) is 13.8 Å². The molecule has 0 aliphatic carbocycles. The maximum absolute atomic E-state index is 10.2. The Morgan fingerprint density at radius 3 is 2.27 bits per heavy atom. The minimum absolute atomic E-state index is 0.452. The fourth-order valence-electron chi connectivity index (χ4n) is 0.545. The summed E-state index contributed by atoms with van der Waals surface area (Å²) in [5, 5.41) is 17.9. The number of ether oxygens (including phenoxy) is 1. The Morgan fingerprint density at radius 2 is 2.18 bits per heavy atom. The number of hydrogen-bond donors (Lipinski definition) is 3. The van der Waals surface area contributed by atoms with Crippen LogP contribution in [-0.2, 0) is 4.74 Å². The molecule has 0 spiro atoms. The van der Waals surface area contributed by atoms with Crippen molar-refractivity contribution in [3.05, 3.63) is 0 Å². The van der Waals surface area contributed by atoms with Gasteiger partial charge in [-0.1, -0.05) is 0 Å². The van der Waals surface area contributed by atoms with Crippen molar-refractivity contribution >= 4 is 6.09 Å². The topological polar surface area (TPSA) is 92.8 Å². The van der Waals surface area contributed by atoms with Crippen molar-refractivity contribution in [3.63, 3.8) is 0 Å². The second-order valence-corrected chi connectivity index (χ2v) is 2.76. The second kappa shape index (κ2) is 3.54. The van der Waals surface area contributed by atoms with Crippen molar-refractivity contribution in [1.82, 2.24) is 0 Å². The summed E-state index contributed by atoms with van der Waals surface area (Å²) in [7, 11) is 0. The van der Waals surface area contributed by atoms with Gasteiger partial charge in [-0.2, -0.15) is 0 Å². The zero-order valence-electron chi connectivity index (χ0n) is 6.57. The lowest BCUT2D eigenvalue weighted by Crippen LogP contribution is -2.43. The molecule has 0 bridgehead atoms. The third kappa shape index (κ3) is 3.79. The van der Waals surface area contributed by atoms with E-state index in [-0.39, 0.29) is 0 Å². The van der Waals surface area contributed by atoms with Gasteiger partial charge >= 0.3 is 6.09 Å². The summed E-state index contributed by atoms with van der Waals surface area (Å²) >= 11 is 0. The average Bonchev–Trinajstić information content (AvgIpc) is 1.79. The third-order valence-electron chi connectivity index (χ3n) is 1.21. The van der Waals surface area contributed by atoms with Crippen LogP contribution in [0.4, 0.5) is 4.79 Å². The molecule has 1 atom stereocenters. The van der Waals surface area contributed by atoms with Gasteiger partial charge in [0.25, 0.3) is 0 Å². The Labute approximate surface area is 64.8 Å². The van der Waals surface area contributed by atoms with Gasteiger partial charge < -0.3 is 20.7 Å². The zero-order chi connectivity index (χ0) is 9.07. The van der Waals surface area contributed by atoms with Crippen LogP contribution in [-0.4, -0.2) is 34.6 Å². The lowest BCUT2D eigenvalue weighted by atomic mass is 10.0. The van der Waals surface area contributed by atoms with Crippen molar-refractivity contribution in [2.24, 2.45) is 5.73 Å². The molecule has 0 saturated carbocycles. The van der Waals surface area contributed by atoms with Crippen LogP contribution in [0.2, 0.25) is 0 Å². The van der Waals surface area contributed by atoms with Crippen LogP contribution in [0, 0.1) is 0 Å². The molecule has 0 radical (unpaired) electrons. The van der Waals surface area contributed by atoms with E-state index in [4.69, 9.17) is 5.11 Å². The van der Waals surface area contributed by atoms with E-state index >= 15 is 0 Å². The fourth-order valence-corrected chi connectivity index (χ4v) is 0.545. The van der Waals surface area contributed by atoms with Gasteiger partial charge in [0.15, 0.2) is 6.10 Å². The van der Waals surface area contributed by atoms with Crippen molar-refractivity contribution in [1.29, 1.82) is 0 Å². The molecule has 0 saturated heterocycles. The number of aliphatic hydroxyl groups is 2. The van der Waals surface area contributed by atoms with E-state index in [1.54, 1.807) is 0 Å². The number of rotatable bonds is 3. The molecule has 1 unspecified atom stereocenters. The molecule has 66 valence electrons. The van der Waals surface area contributed by atoms with E-state index < -0.39 is 24.4 Å². The average molecular weight is 163 g/mol. The zero-order valence-corrected chi connectivity index (χ0v) is 6.57. The summed E-state index contributed by atoms with van der Waals surface area (Å²) in [6, 6.07) is 0. The largest absolute Gasteiger partial charge is 0.441 e. The van der Waals surface area contributed by atoms with Crippen molar-refractivity contribution in [3.8, 4) is 0 Å². The summed E-state index contributed by atoms with van der Waals surface area (Å²) in [4.78, 5) is 10.2. The Bertz CT molecular complexity index is 140. The molecule has 0 aliphatic heterocycles. The van der Waals surface area contributed by atoms with Crippen LogP contribution in [0.3, 0.4) is 0 Å². The number of carbonyl (C=O) groups is 1. The smallest absolute Gasteiger partial charge is 0.404 e. The van der Waals surface area contributed by atoms with Gasteiger partial charge in [-0.15, -0.1) is 0 Å². The highest BCUT2D eigenvalue weighted by atomic mass is 16.6. The summed E-state index contributed by atoms with van der Waals surface area (Å²) < 4.78 is 4.40. The fraction of sp³-hybridized carbons (Fsp3) is 0.833. The summed E-state index contributed by atoms with van der Waals surface area (Å²) in [6.07, 6.45) is -1.98. The predicted octanol–water partition coefficient (Wildman–Crippen LogP) is -0.787. The summed E-state index contributed by atoms with van der Waals surface area (Å²) in [6.45, 7) is 2.38. The van der Waals surface area contributed by atoms with Crippen molar-refractivity contribution in [2.45, 2.75) is 25.6 Å². The first-order chi connectivity index (χ1) is 4.88. The lowest BCUT2D eigenvalue weighted by molar-refractivity contribution is -0.0745. The minimum atomic E-state index is -1.27. The SMILES string of the molecule is CC(C)(O)C(CO)OC(N)=O. The van der Waals surface area contributed by atoms with Crippen LogP contribution in [0.25, 0.3) is 0 Å². The van der Waals surface area contributed by atoms with Crippen LogP contribution >= 0.6 is 0 Å². The van der Waals surface area contributed by atoms with E-state index in [0.29, 0.717) is 0 Å². The van der Waals surface area contributed by atoms with Gasteiger partial charge in [0.1, 0.15) is 0 Å². The number of primary amides is 1. The van der Waals surface area contributed by atoms with Gasteiger partial charge in [-0.25, -0.2) is 4.79 Å². The van der Waals surface area contributed by atoms with Crippen LogP contribution in [0.5, 0.6) is 0 Å². The van der Waals surface area contributed by atoms with Crippen LogP contribution in [0.1, 0.15) is 13.8 Å². The maximum Gasteiger partial charge on any atom is 0.404 e. The van der Waals surface area contributed by atoms with E-state index in [0.717, 1.165) is 0 Å². The molecule has 0 aromatic heterocycles. The molecule has 5 nitrogen and oxygen atoms in total. The first-order valence-electron chi connectivity index (χ1n) is 3.17. The normalized spacial score (nSPS) is 14.2. The van der Waals surface area contributed by atoms with E-state index in [1.165, 1.54) is 13.8 Å². The minimum Gasteiger partial charge on any atom is -0.441 e. The van der Waals surface area contributed by atoms with Gasteiger partial charge in [-0.3, -0.25) is 0 Å². The van der Waals surface area contributed by atoms with Gasteiger partial charge in [0.05, 0.1) is 12.2 Å². The quantitative estimate of drug-likeness (QED) is 0.508. The van der Waals surface area contributed by atoms with E-state index in [9.17, 15) is 9.90 Å². The van der Waals surface area contributed by atoms with E-state index in [1.807, 2.05) is 0 Å². The number of nitrogens with two attached hydrogens (primary N) is 1. The second-order valence-electron chi connectivity index (χ2n) is 2.76. The first kappa shape index (κ1) is 10.2. The van der Waals surface area contributed by atoms with Crippen molar-refractivity contribution < 1.29 is 19.7 Å². The molecule has 4 N–H and O–H groups in total. The monoisotopic (exact) mass is 163 g/mol. The van der Waals surface area contributed by atoms with E-state index in [2.05, 4.69) is 10.5 Å². The molecule has 11 heavy (non-hydrogen) atoms. The van der Waals surface area contributed by atoms with Gasteiger partial charge in [0.2, 0.25) is 0 Å². The number of aliphatic hydroxyl groups excluding tert-OH is 1. The van der Waals surface area contributed by atoms with Crippen molar-refractivity contribution in [2.75, 3.05) is 6.61 Å². The number of carbonyl (C=O) groups excluding carboxylic acids is 1. The van der Waals surface area contributed by atoms with Crippen LogP contribution < -0.4 is 5.73 Å².